The van der Waals surface area contributed by atoms with Gasteiger partial charge in [0, 0.05) is 0 Å². The molecule has 1 amide bonds. The minimum Gasteiger partial charge on any atom is -0.497 e. The Bertz CT molecular complexity index is 802. The van der Waals surface area contributed by atoms with Crippen LogP contribution in [0.5, 0.6) is 5.75 Å². The minimum atomic E-state index is -0.531. The maximum atomic E-state index is 13.9. The van der Waals surface area contributed by atoms with Gasteiger partial charge in [-0.2, -0.15) is 0 Å². The lowest BCUT2D eigenvalue weighted by Gasteiger charge is -2.14. The van der Waals surface area contributed by atoms with Crippen molar-refractivity contribution in [3.63, 3.8) is 0 Å². The first kappa shape index (κ1) is 15.3. The molecular formula is C17H13FN2O2S. The second kappa shape index (κ2) is 6.26. The van der Waals surface area contributed by atoms with Gasteiger partial charge in [0.2, 0.25) is 0 Å². The van der Waals surface area contributed by atoms with E-state index in [1.165, 1.54) is 12.1 Å². The summed E-state index contributed by atoms with van der Waals surface area (Å²) in [5.41, 5.74) is 0.901. The van der Waals surface area contributed by atoms with E-state index in [9.17, 15) is 9.18 Å². The van der Waals surface area contributed by atoms with Crippen LogP contribution in [-0.4, -0.2) is 18.2 Å². The largest absolute Gasteiger partial charge is 0.497 e. The SMILES string of the molecule is COc1ccc(C=C2SC(=N)N(c3ccccc3F)C2=O)cc1. The van der Waals surface area contributed by atoms with Gasteiger partial charge in [0.15, 0.2) is 5.17 Å². The Labute approximate surface area is 137 Å². The highest BCUT2D eigenvalue weighted by molar-refractivity contribution is 8.19. The van der Waals surface area contributed by atoms with E-state index in [-0.39, 0.29) is 10.9 Å². The molecule has 1 aliphatic heterocycles. The number of methoxy groups -OCH3 is 1. The predicted molar refractivity (Wildman–Crippen MR) is 90.2 cm³/mol. The zero-order valence-electron chi connectivity index (χ0n) is 12.2. The van der Waals surface area contributed by atoms with Crippen LogP contribution in [0.4, 0.5) is 10.1 Å². The number of amides is 1. The van der Waals surface area contributed by atoms with Crippen molar-refractivity contribution in [3.05, 3.63) is 64.8 Å². The van der Waals surface area contributed by atoms with Gasteiger partial charge in [0.1, 0.15) is 11.6 Å². The van der Waals surface area contributed by atoms with Crippen molar-refractivity contribution in [2.45, 2.75) is 0 Å². The average Bonchev–Trinajstić information content (AvgIpc) is 2.83. The zero-order chi connectivity index (χ0) is 16.4. The number of nitrogens with zero attached hydrogens (tertiary/aromatic N) is 1. The molecule has 0 bridgehead atoms. The summed E-state index contributed by atoms with van der Waals surface area (Å²) in [4.78, 5) is 14.0. The van der Waals surface area contributed by atoms with E-state index in [1.807, 2.05) is 12.1 Å². The van der Waals surface area contributed by atoms with Crippen molar-refractivity contribution in [1.82, 2.24) is 0 Å². The summed E-state index contributed by atoms with van der Waals surface area (Å²) < 4.78 is 19.0. The molecule has 0 saturated carbocycles. The minimum absolute atomic E-state index is 0.0140. The van der Waals surface area contributed by atoms with Gasteiger partial charge in [-0.05, 0) is 47.7 Å². The molecule has 0 unspecified atom stereocenters. The number of halogens is 1. The van der Waals surface area contributed by atoms with Crippen molar-refractivity contribution in [3.8, 4) is 5.75 Å². The molecule has 6 heteroatoms. The lowest BCUT2D eigenvalue weighted by molar-refractivity contribution is -0.113. The molecule has 0 radical (unpaired) electrons. The fraction of sp³-hybridized carbons (Fsp3) is 0.0588. The highest BCUT2D eigenvalue weighted by Gasteiger charge is 2.34. The smallest absolute Gasteiger partial charge is 0.271 e. The van der Waals surface area contributed by atoms with E-state index in [1.54, 1.807) is 37.5 Å². The first-order valence-electron chi connectivity index (χ1n) is 6.81. The van der Waals surface area contributed by atoms with Gasteiger partial charge >= 0.3 is 0 Å². The molecule has 1 heterocycles. The van der Waals surface area contributed by atoms with Crippen molar-refractivity contribution in [2.24, 2.45) is 0 Å². The third-order valence-corrected chi connectivity index (χ3v) is 4.22. The van der Waals surface area contributed by atoms with Crippen LogP contribution in [0.3, 0.4) is 0 Å². The summed E-state index contributed by atoms with van der Waals surface area (Å²) in [5.74, 6) is -0.212. The Balaban J connectivity index is 1.91. The fourth-order valence-electron chi connectivity index (χ4n) is 2.19. The van der Waals surface area contributed by atoms with Crippen LogP contribution < -0.4 is 9.64 Å². The fourth-order valence-corrected chi connectivity index (χ4v) is 3.04. The van der Waals surface area contributed by atoms with Crippen LogP contribution in [0, 0.1) is 11.2 Å². The van der Waals surface area contributed by atoms with E-state index < -0.39 is 11.7 Å². The van der Waals surface area contributed by atoms with Crippen LogP contribution in [0.2, 0.25) is 0 Å². The topological polar surface area (TPSA) is 53.4 Å². The molecule has 0 aromatic heterocycles. The molecule has 0 atom stereocenters. The van der Waals surface area contributed by atoms with Gasteiger partial charge < -0.3 is 4.74 Å². The molecule has 1 aliphatic rings. The van der Waals surface area contributed by atoms with Gasteiger partial charge in [0.05, 0.1) is 17.7 Å². The normalized spacial score (nSPS) is 16.3. The van der Waals surface area contributed by atoms with E-state index in [0.717, 1.165) is 28.0 Å². The third kappa shape index (κ3) is 2.98. The van der Waals surface area contributed by atoms with E-state index >= 15 is 0 Å². The van der Waals surface area contributed by atoms with Crippen LogP contribution in [0.25, 0.3) is 6.08 Å². The average molecular weight is 328 g/mol. The van der Waals surface area contributed by atoms with Gasteiger partial charge in [-0.25, -0.2) is 4.39 Å². The summed E-state index contributed by atoms with van der Waals surface area (Å²) in [6.07, 6.45) is 1.68. The number of hydrogen-bond acceptors (Lipinski definition) is 4. The second-order valence-corrected chi connectivity index (χ2v) is 5.81. The first-order chi connectivity index (χ1) is 11.1. The number of carbonyl (C=O) groups is 1. The van der Waals surface area contributed by atoms with Gasteiger partial charge in [-0.15, -0.1) is 0 Å². The first-order valence-corrected chi connectivity index (χ1v) is 7.63. The number of hydrogen-bond donors (Lipinski definition) is 1. The van der Waals surface area contributed by atoms with Gasteiger partial charge in [0.25, 0.3) is 5.91 Å². The molecule has 1 fully saturated rings. The van der Waals surface area contributed by atoms with Crippen molar-refractivity contribution < 1.29 is 13.9 Å². The molecule has 3 rings (SSSR count). The Morgan fingerprint density at radius 1 is 1.17 bits per heavy atom. The van der Waals surface area contributed by atoms with Crippen LogP contribution in [0.1, 0.15) is 5.56 Å². The Morgan fingerprint density at radius 2 is 1.87 bits per heavy atom. The molecular weight excluding hydrogens is 315 g/mol. The highest BCUT2D eigenvalue weighted by Crippen LogP contribution is 2.36. The summed E-state index contributed by atoms with van der Waals surface area (Å²) in [6.45, 7) is 0. The number of benzene rings is 2. The van der Waals surface area contributed by atoms with Crippen LogP contribution in [-0.2, 0) is 4.79 Å². The number of rotatable bonds is 3. The Hall–Kier alpha value is -2.60. The Kier molecular flexibility index (Phi) is 4.16. The molecule has 0 aliphatic carbocycles. The zero-order valence-corrected chi connectivity index (χ0v) is 13.1. The molecule has 23 heavy (non-hydrogen) atoms. The number of para-hydroxylation sites is 1. The van der Waals surface area contributed by atoms with Crippen molar-refractivity contribution in [1.29, 1.82) is 5.41 Å². The number of carbonyl (C=O) groups excluding carboxylic acids is 1. The lowest BCUT2D eigenvalue weighted by Crippen LogP contribution is -2.28. The van der Waals surface area contributed by atoms with Gasteiger partial charge in [-0.3, -0.25) is 15.1 Å². The molecule has 2 aromatic rings. The molecule has 1 N–H and O–H groups in total. The number of thioether (sulfide) groups is 1. The standard InChI is InChI=1S/C17H13FN2O2S/c1-22-12-8-6-11(7-9-12)10-15-16(21)20(17(19)23-15)14-5-3-2-4-13(14)18/h2-10,19H,1H3. The maximum Gasteiger partial charge on any atom is 0.271 e. The lowest BCUT2D eigenvalue weighted by atomic mass is 10.2. The Morgan fingerprint density at radius 3 is 2.52 bits per heavy atom. The number of ether oxygens (including phenoxy) is 1. The maximum absolute atomic E-state index is 13.9. The number of anilines is 1. The third-order valence-electron chi connectivity index (χ3n) is 3.33. The van der Waals surface area contributed by atoms with Crippen LogP contribution in [0.15, 0.2) is 53.4 Å². The second-order valence-electron chi connectivity index (χ2n) is 4.78. The van der Waals surface area contributed by atoms with Crippen molar-refractivity contribution in [2.75, 3.05) is 12.0 Å². The molecule has 116 valence electrons. The summed E-state index contributed by atoms with van der Waals surface area (Å²) in [5, 5.41) is 7.96. The molecule has 2 aromatic carbocycles. The molecule has 1 saturated heterocycles. The van der Waals surface area contributed by atoms with Crippen LogP contribution >= 0.6 is 11.8 Å². The summed E-state index contributed by atoms with van der Waals surface area (Å²) in [6, 6.07) is 13.1. The van der Waals surface area contributed by atoms with E-state index in [2.05, 4.69) is 0 Å². The molecule has 0 spiro atoms. The van der Waals surface area contributed by atoms with E-state index in [4.69, 9.17) is 10.1 Å². The highest BCUT2D eigenvalue weighted by atomic mass is 32.2. The number of nitrogens with one attached hydrogen (secondary N) is 1. The summed E-state index contributed by atoms with van der Waals surface area (Å²) in [7, 11) is 1.58. The predicted octanol–water partition coefficient (Wildman–Crippen LogP) is 3.89. The summed E-state index contributed by atoms with van der Waals surface area (Å²) >= 11 is 1.01. The van der Waals surface area contributed by atoms with E-state index in [0.29, 0.717) is 4.91 Å². The monoisotopic (exact) mass is 328 g/mol. The molecule has 4 nitrogen and oxygen atoms in total. The number of amidine groups is 1. The van der Waals surface area contributed by atoms with Crippen molar-refractivity contribution >= 4 is 34.6 Å². The quantitative estimate of drug-likeness (QED) is 0.870. The van der Waals surface area contributed by atoms with Gasteiger partial charge in [-0.1, -0.05) is 24.3 Å².